The molecule has 1 N–H and O–H groups in total. The summed E-state index contributed by atoms with van der Waals surface area (Å²) < 4.78 is 18.6. The molecule has 2 aromatic carbocycles. The van der Waals surface area contributed by atoms with Crippen molar-refractivity contribution in [2.24, 2.45) is 0 Å². The topological polar surface area (TPSA) is 29.5 Å². The minimum Gasteiger partial charge on any atom is -0.496 e. The maximum absolute atomic E-state index is 13.4. The molecule has 0 saturated carbocycles. The summed E-state index contributed by atoms with van der Waals surface area (Å²) >= 11 is 11.8. The van der Waals surface area contributed by atoms with Crippen LogP contribution in [-0.4, -0.2) is 12.2 Å². The van der Waals surface area contributed by atoms with E-state index >= 15 is 0 Å². The van der Waals surface area contributed by atoms with Crippen LogP contribution < -0.4 is 4.74 Å². The SMILES string of the molecule is COc1ccc(Cl)cc1C(O)c1cccc(F)c1Cl. The second-order valence-corrected chi connectivity index (χ2v) is 4.75. The van der Waals surface area contributed by atoms with E-state index in [9.17, 15) is 9.50 Å². The first kappa shape index (κ1) is 14.1. The Morgan fingerprint density at radius 2 is 1.89 bits per heavy atom. The van der Waals surface area contributed by atoms with Crippen LogP contribution in [0, 0.1) is 5.82 Å². The third-order valence-corrected chi connectivity index (χ3v) is 3.40. The van der Waals surface area contributed by atoms with Gasteiger partial charge in [-0.3, -0.25) is 0 Å². The molecule has 2 rings (SSSR count). The van der Waals surface area contributed by atoms with Crippen molar-refractivity contribution in [3.63, 3.8) is 0 Å². The number of aliphatic hydroxyl groups excluding tert-OH is 1. The molecule has 0 aliphatic heterocycles. The summed E-state index contributed by atoms with van der Waals surface area (Å²) in [6.45, 7) is 0. The molecule has 0 amide bonds. The summed E-state index contributed by atoms with van der Waals surface area (Å²) in [5.74, 6) is -0.128. The van der Waals surface area contributed by atoms with Crippen molar-refractivity contribution in [1.29, 1.82) is 0 Å². The zero-order chi connectivity index (χ0) is 14.0. The predicted molar refractivity (Wildman–Crippen MR) is 73.5 cm³/mol. The first-order chi connectivity index (χ1) is 9.04. The van der Waals surface area contributed by atoms with E-state index in [-0.39, 0.29) is 10.6 Å². The fraction of sp³-hybridized carbons (Fsp3) is 0.143. The monoisotopic (exact) mass is 300 g/mol. The zero-order valence-corrected chi connectivity index (χ0v) is 11.5. The van der Waals surface area contributed by atoms with Crippen LogP contribution in [0.5, 0.6) is 5.75 Å². The normalized spacial score (nSPS) is 12.3. The molecule has 1 unspecified atom stereocenters. The summed E-state index contributed by atoms with van der Waals surface area (Å²) in [4.78, 5) is 0. The van der Waals surface area contributed by atoms with Crippen LogP contribution >= 0.6 is 23.2 Å². The van der Waals surface area contributed by atoms with Crippen LogP contribution in [0.2, 0.25) is 10.0 Å². The molecule has 0 aliphatic carbocycles. The van der Waals surface area contributed by atoms with Crippen molar-refractivity contribution < 1.29 is 14.2 Å². The highest BCUT2D eigenvalue weighted by Gasteiger charge is 2.20. The van der Waals surface area contributed by atoms with E-state index in [0.29, 0.717) is 16.3 Å². The van der Waals surface area contributed by atoms with Gasteiger partial charge < -0.3 is 9.84 Å². The largest absolute Gasteiger partial charge is 0.496 e. The van der Waals surface area contributed by atoms with E-state index in [1.807, 2.05) is 0 Å². The molecule has 0 aliphatic rings. The molecule has 19 heavy (non-hydrogen) atoms. The number of ether oxygens (including phenoxy) is 1. The standard InChI is InChI=1S/C14H11Cl2FO2/c1-19-12-6-5-8(15)7-10(12)14(18)9-3-2-4-11(17)13(9)16/h2-7,14,18H,1H3. The van der Waals surface area contributed by atoms with Gasteiger partial charge in [0.15, 0.2) is 0 Å². The number of rotatable bonds is 3. The Balaban J connectivity index is 2.52. The molecular formula is C14H11Cl2FO2. The molecule has 0 aromatic heterocycles. The maximum Gasteiger partial charge on any atom is 0.142 e. The third kappa shape index (κ3) is 2.84. The molecule has 0 spiro atoms. The molecule has 100 valence electrons. The first-order valence-corrected chi connectivity index (χ1v) is 6.25. The number of hydrogen-bond donors (Lipinski definition) is 1. The number of benzene rings is 2. The Labute approximate surface area is 120 Å². The van der Waals surface area contributed by atoms with E-state index in [4.69, 9.17) is 27.9 Å². The van der Waals surface area contributed by atoms with Crippen molar-refractivity contribution >= 4 is 23.2 Å². The first-order valence-electron chi connectivity index (χ1n) is 5.50. The van der Waals surface area contributed by atoms with Crippen LogP contribution in [0.25, 0.3) is 0 Å². The van der Waals surface area contributed by atoms with E-state index in [1.54, 1.807) is 24.3 Å². The highest BCUT2D eigenvalue weighted by Crippen LogP contribution is 2.35. The minimum absolute atomic E-state index is 0.114. The quantitative estimate of drug-likeness (QED) is 0.919. The van der Waals surface area contributed by atoms with E-state index in [1.165, 1.54) is 19.2 Å². The van der Waals surface area contributed by atoms with E-state index in [2.05, 4.69) is 0 Å². The number of hydrogen-bond acceptors (Lipinski definition) is 2. The molecule has 5 heteroatoms. The summed E-state index contributed by atoms with van der Waals surface area (Å²) in [6, 6.07) is 9.10. The smallest absolute Gasteiger partial charge is 0.142 e. The highest BCUT2D eigenvalue weighted by molar-refractivity contribution is 6.31. The lowest BCUT2D eigenvalue weighted by atomic mass is 10.0. The predicted octanol–water partition coefficient (Wildman–Crippen LogP) is 4.22. The van der Waals surface area contributed by atoms with Gasteiger partial charge in [0, 0.05) is 16.1 Å². The second-order valence-electron chi connectivity index (χ2n) is 3.93. The van der Waals surface area contributed by atoms with Gasteiger partial charge in [0.2, 0.25) is 0 Å². The summed E-state index contributed by atoms with van der Waals surface area (Å²) in [5, 5.41) is 10.7. The molecule has 0 radical (unpaired) electrons. The van der Waals surface area contributed by atoms with Gasteiger partial charge in [-0.2, -0.15) is 0 Å². The fourth-order valence-corrected chi connectivity index (χ4v) is 2.23. The molecule has 2 nitrogen and oxygen atoms in total. The summed E-state index contributed by atoms with van der Waals surface area (Å²) in [7, 11) is 1.48. The average molecular weight is 301 g/mol. The van der Waals surface area contributed by atoms with Gasteiger partial charge in [-0.15, -0.1) is 0 Å². The van der Waals surface area contributed by atoms with E-state index in [0.717, 1.165) is 0 Å². The Morgan fingerprint density at radius 1 is 1.16 bits per heavy atom. The van der Waals surface area contributed by atoms with Gasteiger partial charge in [0.25, 0.3) is 0 Å². The summed E-state index contributed by atoms with van der Waals surface area (Å²) in [6.07, 6.45) is -1.11. The fourth-order valence-electron chi connectivity index (χ4n) is 1.82. The van der Waals surface area contributed by atoms with Crippen LogP contribution in [-0.2, 0) is 0 Å². The van der Waals surface area contributed by atoms with Gasteiger partial charge >= 0.3 is 0 Å². The molecule has 0 heterocycles. The van der Waals surface area contributed by atoms with Crippen molar-refractivity contribution in [2.75, 3.05) is 7.11 Å². The lowest BCUT2D eigenvalue weighted by Crippen LogP contribution is -2.04. The zero-order valence-electron chi connectivity index (χ0n) is 10.0. The van der Waals surface area contributed by atoms with Crippen molar-refractivity contribution in [3.05, 3.63) is 63.4 Å². The lowest BCUT2D eigenvalue weighted by molar-refractivity contribution is 0.214. The van der Waals surface area contributed by atoms with E-state index < -0.39 is 11.9 Å². The molecule has 1 atom stereocenters. The van der Waals surface area contributed by atoms with Gasteiger partial charge in [0.1, 0.15) is 17.7 Å². The minimum atomic E-state index is -1.11. The lowest BCUT2D eigenvalue weighted by Gasteiger charge is -2.16. The Morgan fingerprint density at radius 3 is 2.58 bits per heavy atom. The van der Waals surface area contributed by atoms with Crippen LogP contribution in [0.1, 0.15) is 17.2 Å². The number of aliphatic hydroxyl groups is 1. The number of methoxy groups -OCH3 is 1. The highest BCUT2D eigenvalue weighted by atomic mass is 35.5. The Bertz CT molecular complexity index is 602. The van der Waals surface area contributed by atoms with Gasteiger partial charge in [0.05, 0.1) is 12.1 Å². The molecule has 0 fully saturated rings. The third-order valence-electron chi connectivity index (χ3n) is 2.76. The number of halogens is 3. The average Bonchev–Trinajstić information content (AvgIpc) is 2.41. The molecular weight excluding hydrogens is 290 g/mol. The van der Waals surface area contributed by atoms with Crippen molar-refractivity contribution in [3.8, 4) is 5.75 Å². The van der Waals surface area contributed by atoms with Crippen molar-refractivity contribution in [1.82, 2.24) is 0 Å². The second kappa shape index (κ2) is 5.78. The van der Waals surface area contributed by atoms with Gasteiger partial charge in [-0.25, -0.2) is 4.39 Å². The van der Waals surface area contributed by atoms with Crippen molar-refractivity contribution in [2.45, 2.75) is 6.10 Å². The summed E-state index contributed by atoms with van der Waals surface area (Å²) in [5.41, 5.74) is 0.699. The maximum atomic E-state index is 13.4. The van der Waals surface area contributed by atoms with Gasteiger partial charge in [-0.05, 0) is 24.3 Å². The molecule has 0 saturated heterocycles. The Kier molecular flexibility index (Phi) is 4.30. The molecule has 2 aromatic rings. The Hall–Kier alpha value is -1.29. The molecule has 0 bridgehead atoms. The van der Waals surface area contributed by atoms with Gasteiger partial charge in [-0.1, -0.05) is 35.3 Å². The van der Waals surface area contributed by atoms with Crippen LogP contribution in [0.15, 0.2) is 36.4 Å². The van der Waals surface area contributed by atoms with Crippen LogP contribution in [0.3, 0.4) is 0 Å². The van der Waals surface area contributed by atoms with Crippen LogP contribution in [0.4, 0.5) is 4.39 Å².